The second-order valence-corrected chi connectivity index (χ2v) is 5.83. The van der Waals surface area contributed by atoms with Crippen molar-refractivity contribution in [3.63, 3.8) is 0 Å². The third kappa shape index (κ3) is 2.81. The molecule has 0 aliphatic rings. The van der Waals surface area contributed by atoms with Gasteiger partial charge in [0.15, 0.2) is 9.84 Å². The van der Waals surface area contributed by atoms with Gasteiger partial charge in [-0.05, 0) is 24.7 Å². The zero-order valence-electron chi connectivity index (χ0n) is 9.60. The average Bonchev–Trinajstić information content (AvgIpc) is 2.31. The highest BCUT2D eigenvalue weighted by molar-refractivity contribution is 7.91. The standard InChI is InChI=1S/C11H18N2O2S/c1-3-16(14,15)10-6-4-9(5-7-10)11(8-12)13-2/h4-7,11,13H,3,8,12H2,1-2H3. The zero-order chi connectivity index (χ0) is 12.2. The zero-order valence-corrected chi connectivity index (χ0v) is 10.4. The van der Waals surface area contributed by atoms with Crippen molar-refractivity contribution in [3.05, 3.63) is 29.8 Å². The van der Waals surface area contributed by atoms with Gasteiger partial charge in [0.05, 0.1) is 10.6 Å². The first-order valence-electron chi connectivity index (χ1n) is 5.25. The largest absolute Gasteiger partial charge is 0.329 e. The molecule has 0 saturated heterocycles. The van der Waals surface area contributed by atoms with E-state index in [0.29, 0.717) is 11.4 Å². The summed E-state index contributed by atoms with van der Waals surface area (Å²) in [5.74, 6) is 0.124. The first kappa shape index (κ1) is 13.2. The maximum atomic E-state index is 11.6. The summed E-state index contributed by atoms with van der Waals surface area (Å²) in [6.07, 6.45) is 0. The molecule has 0 radical (unpaired) electrons. The van der Waals surface area contributed by atoms with E-state index in [1.54, 1.807) is 31.2 Å². The number of benzene rings is 1. The maximum Gasteiger partial charge on any atom is 0.178 e. The fraction of sp³-hybridized carbons (Fsp3) is 0.455. The van der Waals surface area contributed by atoms with Crippen molar-refractivity contribution < 1.29 is 8.42 Å². The third-order valence-electron chi connectivity index (χ3n) is 2.61. The van der Waals surface area contributed by atoms with Gasteiger partial charge in [-0.15, -0.1) is 0 Å². The van der Waals surface area contributed by atoms with Crippen LogP contribution in [0.1, 0.15) is 18.5 Å². The summed E-state index contributed by atoms with van der Waals surface area (Å²) in [7, 11) is -1.28. The molecule has 0 aliphatic carbocycles. The Morgan fingerprint density at radius 2 is 1.88 bits per heavy atom. The first-order valence-corrected chi connectivity index (χ1v) is 6.90. The Bertz CT molecular complexity index is 422. The van der Waals surface area contributed by atoms with Crippen molar-refractivity contribution >= 4 is 9.84 Å². The summed E-state index contributed by atoms with van der Waals surface area (Å²) in [5, 5.41) is 3.07. The Balaban J connectivity index is 3.00. The Morgan fingerprint density at radius 1 is 1.31 bits per heavy atom. The first-order chi connectivity index (χ1) is 7.55. The van der Waals surface area contributed by atoms with Gasteiger partial charge in [-0.25, -0.2) is 8.42 Å². The Hall–Kier alpha value is -0.910. The van der Waals surface area contributed by atoms with Crippen molar-refractivity contribution in [1.29, 1.82) is 0 Å². The maximum absolute atomic E-state index is 11.6. The highest BCUT2D eigenvalue weighted by atomic mass is 32.2. The molecule has 1 atom stereocenters. The lowest BCUT2D eigenvalue weighted by molar-refractivity contribution is 0.595. The van der Waals surface area contributed by atoms with Crippen LogP contribution in [0, 0.1) is 0 Å². The lowest BCUT2D eigenvalue weighted by Gasteiger charge is -2.14. The lowest BCUT2D eigenvalue weighted by Crippen LogP contribution is -2.24. The number of hydrogen-bond donors (Lipinski definition) is 2. The van der Waals surface area contributed by atoms with Gasteiger partial charge in [0.2, 0.25) is 0 Å². The highest BCUT2D eigenvalue weighted by Crippen LogP contribution is 2.16. The minimum absolute atomic E-state index is 0.0679. The molecule has 0 heterocycles. The Kier molecular flexibility index (Phi) is 4.46. The number of likely N-dealkylation sites (N-methyl/N-ethyl adjacent to an activating group) is 1. The quantitative estimate of drug-likeness (QED) is 0.797. The van der Waals surface area contributed by atoms with Gasteiger partial charge in [0, 0.05) is 12.6 Å². The van der Waals surface area contributed by atoms with E-state index >= 15 is 0 Å². The SMILES string of the molecule is CCS(=O)(=O)c1ccc(C(CN)NC)cc1. The average molecular weight is 242 g/mol. The van der Waals surface area contributed by atoms with E-state index in [9.17, 15) is 8.42 Å². The van der Waals surface area contributed by atoms with Gasteiger partial charge in [-0.3, -0.25) is 0 Å². The van der Waals surface area contributed by atoms with E-state index in [4.69, 9.17) is 5.73 Å². The van der Waals surface area contributed by atoms with Crippen LogP contribution < -0.4 is 11.1 Å². The minimum atomic E-state index is -3.11. The topological polar surface area (TPSA) is 72.2 Å². The van der Waals surface area contributed by atoms with E-state index in [1.807, 2.05) is 7.05 Å². The number of nitrogens with one attached hydrogen (secondary N) is 1. The Morgan fingerprint density at radius 3 is 2.25 bits per heavy atom. The molecule has 1 aromatic carbocycles. The van der Waals surface area contributed by atoms with Crippen molar-refractivity contribution in [2.45, 2.75) is 17.9 Å². The molecule has 5 heteroatoms. The molecule has 90 valence electrons. The van der Waals surface area contributed by atoms with Crippen molar-refractivity contribution in [2.75, 3.05) is 19.3 Å². The predicted molar refractivity (Wildman–Crippen MR) is 65.0 cm³/mol. The summed E-state index contributed by atoms with van der Waals surface area (Å²) in [4.78, 5) is 0.366. The van der Waals surface area contributed by atoms with Gasteiger partial charge in [0.1, 0.15) is 0 Å². The summed E-state index contributed by atoms with van der Waals surface area (Å²) in [6.45, 7) is 2.12. The van der Waals surface area contributed by atoms with Crippen LogP contribution in [0.25, 0.3) is 0 Å². The van der Waals surface area contributed by atoms with Crippen LogP contribution in [0.15, 0.2) is 29.2 Å². The second kappa shape index (κ2) is 5.43. The van der Waals surface area contributed by atoms with Gasteiger partial charge in [0.25, 0.3) is 0 Å². The molecule has 3 N–H and O–H groups in total. The molecular formula is C11H18N2O2S. The number of sulfone groups is 1. The second-order valence-electron chi connectivity index (χ2n) is 3.55. The van der Waals surface area contributed by atoms with E-state index < -0.39 is 9.84 Å². The molecule has 0 fully saturated rings. The van der Waals surface area contributed by atoms with Crippen molar-refractivity contribution in [1.82, 2.24) is 5.32 Å². The van der Waals surface area contributed by atoms with Crippen LogP contribution in [-0.2, 0) is 9.84 Å². The van der Waals surface area contributed by atoms with Crippen LogP contribution >= 0.6 is 0 Å². The van der Waals surface area contributed by atoms with Gasteiger partial charge in [-0.1, -0.05) is 19.1 Å². The van der Waals surface area contributed by atoms with Gasteiger partial charge >= 0.3 is 0 Å². The molecule has 1 aromatic rings. The molecule has 0 spiro atoms. The number of nitrogens with two attached hydrogens (primary N) is 1. The summed E-state index contributed by atoms with van der Waals surface area (Å²) >= 11 is 0. The van der Waals surface area contributed by atoms with Crippen LogP contribution in [0.4, 0.5) is 0 Å². The molecular weight excluding hydrogens is 224 g/mol. The molecule has 16 heavy (non-hydrogen) atoms. The summed E-state index contributed by atoms with van der Waals surface area (Å²) < 4.78 is 23.2. The molecule has 0 bridgehead atoms. The smallest absolute Gasteiger partial charge is 0.178 e. The fourth-order valence-corrected chi connectivity index (χ4v) is 2.38. The monoisotopic (exact) mass is 242 g/mol. The third-order valence-corrected chi connectivity index (χ3v) is 4.36. The van der Waals surface area contributed by atoms with E-state index in [2.05, 4.69) is 5.32 Å². The van der Waals surface area contributed by atoms with E-state index in [-0.39, 0.29) is 11.8 Å². The van der Waals surface area contributed by atoms with Crippen LogP contribution in [0.5, 0.6) is 0 Å². The van der Waals surface area contributed by atoms with E-state index in [1.165, 1.54) is 0 Å². The number of rotatable bonds is 5. The molecule has 0 aliphatic heterocycles. The van der Waals surface area contributed by atoms with Crippen LogP contribution in [-0.4, -0.2) is 27.8 Å². The highest BCUT2D eigenvalue weighted by Gasteiger charge is 2.12. The van der Waals surface area contributed by atoms with E-state index in [0.717, 1.165) is 5.56 Å². The fourth-order valence-electron chi connectivity index (χ4n) is 1.49. The molecule has 1 unspecified atom stereocenters. The normalized spacial score (nSPS) is 13.7. The van der Waals surface area contributed by atoms with Crippen LogP contribution in [0.2, 0.25) is 0 Å². The summed E-state index contributed by atoms with van der Waals surface area (Å²) in [5.41, 5.74) is 6.58. The predicted octanol–water partition coefficient (Wildman–Crippen LogP) is 0.699. The van der Waals surface area contributed by atoms with Gasteiger partial charge in [-0.2, -0.15) is 0 Å². The molecule has 0 amide bonds. The summed E-state index contributed by atoms with van der Waals surface area (Å²) in [6, 6.07) is 6.94. The molecule has 0 saturated carbocycles. The van der Waals surface area contributed by atoms with Crippen LogP contribution in [0.3, 0.4) is 0 Å². The van der Waals surface area contributed by atoms with Gasteiger partial charge < -0.3 is 11.1 Å². The minimum Gasteiger partial charge on any atom is -0.329 e. The number of hydrogen-bond acceptors (Lipinski definition) is 4. The van der Waals surface area contributed by atoms with Crippen molar-refractivity contribution in [3.8, 4) is 0 Å². The lowest BCUT2D eigenvalue weighted by atomic mass is 10.1. The molecule has 0 aromatic heterocycles. The Labute approximate surface area is 96.8 Å². The van der Waals surface area contributed by atoms with Crippen molar-refractivity contribution in [2.24, 2.45) is 5.73 Å². The molecule has 1 rings (SSSR count). The molecule has 4 nitrogen and oxygen atoms in total.